The fraction of sp³-hybridized carbons (Fsp3) is 0.400. The number of nitrogens with zero attached hydrogens (tertiary/aromatic N) is 1. The predicted molar refractivity (Wildman–Crippen MR) is 67.5 cm³/mol. The number of ether oxygens (including phenoxy) is 2. The van der Waals surface area contributed by atoms with Gasteiger partial charge in [0.2, 0.25) is 0 Å². The average Bonchev–Trinajstić information content (AvgIpc) is 2.29. The van der Waals surface area contributed by atoms with Gasteiger partial charge in [-0.2, -0.15) is 0 Å². The zero-order chi connectivity index (χ0) is 14.6. The Labute approximate surface area is 120 Å². The Morgan fingerprint density at radius 2 is 2.16 bits per heavy atom. The molecule has 0 fully saturated rings. The van der Waals surface area contributed by atoms with Gasteiger partial charge in [-0.05, 0) is 29.5 Å². The van der Waals surface area contributed by atoms with E-state index in [9.17, 15) is 18.0 Å². The van der Waals surface area contributed by atoms with Crippen molar-refractivity contribution in [2.75, 3.05) is 6.61 Å². The summed E-state index contributed by atoms with van der Waals surface area (Å²) in [5.41, 5.74) is 5.24. The monoisotopic (exact) mass is 390 g/mol. The van der Waals surface area contributed by atoms with E-state index >= 15 is 0 Å². The molecule has 5 nitrogen and oxygen atoms in total. The molecule has 2 N–H and O–H groups in total. The van der Waals surface area contributed by atoms with Gasteiger partial charge in [-0.1, -0.05) is 0 Å². The summed E-state index contributed by atoms with van der Waals surface area (Å²) in [6.45, 7) is 1.40. The normalized spacial score (nSPS) is 11.3. The maximum Gasteiger partial charge on any atom is 0.573 e. The van der Waals surface area contributed by atoms with Gasteiger partial charge < -0.3 is 15.2 Å². The van der Waals surface area contributed by atoms with E-state index in [0.717, 1.165) is 6.20 Å². The van der Waals surface area contributed by atoms with Crippen LogP contribution >= 0.6 is 22.6 Å². The van der Waals surface area contributed by atoms with Crippen LogP contribution in [0.25, 0.3) is 0 Å². The first-order valence-corrected chi connectivity index (χ1v) is 6.18. The van der Waals surface area contributed by atoms with Crippen LogP contribution < -0.4 is 10.5 Å². The molecule has 1 aromatic heterocycles. The molecule has 19 heavy (non-hydrogen) atoms. The van der Waals surface area contributed by atoms with Gasteiger partial charge >= 0.3 is 12.3 Å². The number of esters is 1. The molecule has 0 saturated heterocycles. The van der Waals surface area contributed by atoms with E-state index in [4.69, 9.17) is 10.5 Å². The van der Waals surface area contributed by atoms with Gasteiger partial charge in [-0.3, -0.25) is 0 Å². The highest BCUT2D eigenvalue weighted by Crippen LogP contribution is 2.30. The molecule has 0 spiro atoms. The highest BCUT2D eigenvalue weighted by molar-refractivity contribution is 14.1. The second-order valence-corrected chi connectivity index (χ2v) is 4.26. The van der Waals surface area contributed by atoms with Crippen LogP contribution in [0.5, 0.6) is 5.75 Å². The summed E-state index contributed by atoms with van der Waals surface area (Å²) >= 11 is 1.77. The Morgan fingerprint density at radius 3 is 2.63 bits per heavy atom. The average molecular weight is 390 g/mol. The van der Waals surface area contributed by atoms with E-state index < -0.39 is 18.1 Å². The Morgan fingerprint density at radius 1 is 1.53 bits per heavy atom. The molecule has 0 saturated carbocycles. The van der Waals surface area contributed by atoms with Crippen molar-refractivity contribution in [3.63, 3.8) is 0 Å². The lowest BCUT2D eigenvalue weighted by Crippen LogP contribution is -2.22. The van der Waals surface area contributed by atoms with Crippen molar-refractivity contribution in [2.45, 2.75) is 19.8 Å². The second kappa shape index (κ2) is 6.37. The molecule has 0 aliphatic heterocycles. The molecule has 0 bridgehead atoms. The van der Waals surface area contributed by atoms with E-state index in [-0.39, 0.29) is 24.3 Å². The van der Waals surface area contributed by atoms with Gasteiger partial charge in [0, 0.05) is 12.1 Å². The maximum atomic E-state index is 12.3. The van der Waals surface area contributed by atoms with Crippen molar-refractivity contribution < 1.29 is 27.4 Å². The Kier molecular flexibility index (Phi) is 5.35. The summed E-state index contributed by atoms with van der Waals surface area (Å²) in [6, 6.07) is 0. The molecule has 0 unspecified atom stereocenters. The Balaban J connectivity index is 3.34. The van der Waals surface area contributed by atoms with Gasteiger partial charge in [0.1, 0.15) is 9.26 Å². The summed E-state index contributed by atoms with van der Waals surface area (Å²) in [5.74, 6) is -1.64. The Bertz CT molecular complexity index is 480. The van der Waals surface area contributed by atoms with Crippen LogP contribution in [0.15, 0.2) is 6.20 Å². The number of aromatic nitrogens is 1. The molecule has 1 aromatic rings. The molecule has 0 aliphatic carbocycles. The number of pyridine rings is 1. The number of alkyl halides is 3. The highest BCUT2D eigenvalue weighted by Gasteiger charge is 2.34. The molecule has 106 valence electrons. The molecule has 1 heterocycles. The quantitative estimate of drug-likeness (QED) is 0.485. The third-order valence-electron chi connectivity index (χ3n) is 2.00. The molecule has 0 amide bonds. The lowest BCUT2D eigenvalue weighted by atomic mass is 10.1. The summed E-state index contributed by atoms with van der Waals surface area (Å²) in [6.07, 6.45) is -4.11. The molecular formula is C10H10F3IN2O3. The lowest BCUT2D eigenvalue weighted by molar-refractivity contribution is -0.274. The van der Waals surface area contributed by atoms with Crippen molar-refractivity contribution in [1.82, 2.24) is 4.98 Å². The number of carbonyl (C=O) groups is 1. The van der Waals surface area contributed by atoms with E-state index in [1.807, 2.05) is 0 Å². The van der Waals surface area contributed by atoms with E-state index in [1.54, 1.807) is 22.6 Å². The first-order chi connectivity index (χ1) is 8.80. The fourth-order valence-electron chi connectivity index (χ4n) is 1.33. The first kappa shape index (κ1) is 16.0. The third-order valence-corrected chi connectivity index (χ3v) is 2.93. The van der Waals surface area contributed by atoms with E-state index in [1.165, 1.54) is 6.92 Å². The first-order valence-electron chi connectivity index (χ1n) is 5.10. The minimum atomic E-state index is -4.93. The van der Waals surface area contributed by atoms with Crippen LogP contribution in [0, 0.1) is 3.70 Å². The van der Waals surface area contributed by atoms with Crippen molar-refractivity contribution >= 4 is 28.6 Å². The fourth-order valence-corrected chi connectivity index (χ4v) is 1.95. The summed E-state index contributed by atoms with van der Waals surface area (Å²) in [5, 5.41) is 0. The molecule has 0 radical (unpaired) electrons. The summed E-state index contributed by atoms with van der Waals surface area (Å²) < 4.78 is 45.6. The molecular weight excluding hydrogens is 380 g/mol. The largest absolute Gasteiger partial charge is 0.573 e. The maximum absolute atomic E-state index is 12.3. The van der Waals surface area contributed by atoms with Crippen LogP contribution in [0.4, 0.5) is 13.2 Å². The van der Waals surface area contributed by atoms with Gasteiger partial charge in [-0.15, -0.1) is 13.2 Å². The predicted octanol–water partition coefficient (Wildman–Crippen LogP) is 2.22. The van der Waals surface area contributed by atoms with Gasteiger partial charge in [-0.25, -0.2) is 9.78 Å². The van der Waals surface area contributed by atoms with Gasteiger partial charge in [0.25, 0.3) is 0 Å². The van der Waals surface area contributed by atoms with Crippen molar-refractivity contribution in [2.24, 2.45) is 5.73 Å². The standard InChI is InChI=1S/C10H10F3IN2O3/c1-2-18-9(17)7-5(3-15)8(14)16-4-6(7)19-10(11,12)13/h4H,2-3,15H2,1H3. The number of rotatable bonds is 4. The molecule has 0 aromatic carbocycles. The van der Waals surface area contributed by atoms with Gasteiger partial charge in [0.15, 0.2) is 5.75 Å². The highest BCUT2D eigenvalue weighted by atomic mass is 127. The topological polar surface area (TPSA) is 74.4 Å². The molecule has 9 heteroatoms. The van der Waals surface area contributed by atoms with Crippen LogP contribution in [-0.4, -0.2) is 23.9 Å². The number of carbonyl (C=O) groups excluding carboxylic acids is 1. The van der Waals surface area contributed by atoms with Crippen molar-refractivity contribution in [3.05, 3.63) is 21.0 Å². The third kappa shape index (κ3) is 4.20. The number of hydrogen-bond donors (Lipinski definition) is 1. The van der Waals surface area contributed by atoms with Crippen molar-refractivity contribution in [1.29, 1.82) is 0 Å². The van der Waals surface area contributed by atoms with Gasteiger partial charge in [0.05, 0.1) is 12.8 Å². The zero-order valence-electron chi connectivity index (χ0n) is 9.75. The van der Waals surface area contributed by atoms with Crippen LogP contribution in [0.2, 0.25) is 0 Å². The summed E-state index contributed by atoms with van der Waals surface area (Å²) in [7, 11) is 0. The Hall–Kier alpha value is -1.10. The minimum Gasteiger partial charge on any atom is -0.462 e. The molecule has 1 rings (SSSR count). The smallest absolute Gasteiger partial charge is 0.462 e. The van der Waals surface area contributed by atoms with Crippen molar-refractivity contribution in [3.8, 4) is 5.75 Å². The van der Waals surface area contributed by atoms with E-state index in [2.05, 4.69) is 9.72 Å². The van der Waals surface area contributed by atoms with Crippen LogP contribution in [0.1, 0.15) is 22.8 Å². The van der Waals surface area contributed by atoms with Crippen LogP contribution in [0.3, 0.4) is 0 Å². The SMILES string of the molecule is CCOC(=O)c1c(OC(F)(F)F)cnc(I)c1CN. The lowest BCUT2D eigenvalue weighted by Gasteiger charge is -2.15. The number of halogens is 4. The number of hydrogen-bond acceptors (Lipinski definition) is 5. The second-order valence-electron chi connectivity index (χ2n) is 3.24. The zero-order valence-corrected chi connectivity index (χ0v) is 11.9. The number of nitrogens with two attached hydrogens (primary N) is 1. The van der Waals surface area contributed by atoms with Crippen LogP contribution in [-0.2, 0) is 11.3 Å². The molecule has 0 aliphatic rings. The minimum absolute atomic E-state index is 0.0210. The molecule has 0 atom stereocenters. The summed E-state index contributed by atoms with van der Waals surface area (Å²) in [4.78, 5) is 15.4. The van der Waals surface area contributed by atoms with E-state index in [0.29, 0.717) is 3.70 Å².